The zero-order chi connectivity index (χ0) is 21.1. The number of anilines is 1. The third-order valence-corrected chi connectivity index (χ3v) is 5.09. The van der Waals surface area contributed by atoms with Gasteiger partial charge in [0.2, 0.25) is 5.91 Å². The van der Waals surface area contributed by atoms with E-state index in [-0.39, 0.29) is 18.1 Å². The fraction of sp³-hybridized carbons (Fsp3) is 0.273. The van der Waals surface area contributed by atoms with E-state index in [1.807, 2.05) is 30.3 Å². The lowest BCUT2D eigenvalue weighted by atomic mass is 10.0. The molecule has 1 aliphatic rings. The van der Waals surface area contributed by atoms with Gasteiger partial charge in [-0.1, -0.05) is 35.5 Å². The average molecular weight is 406 g/mol. The van der Waals surface area contributed by atoms with Crippen LogP contribution in [0.1, 0.15) is 28.7 Å². The first-order valence-electron chi connectivity index (χ1n) is 9.70. The highest BCUT2D eigenvalue weighted by Gasteiger charge is 2.35. The standard InChI is InChI=1S/C22H22N4O4/c1-14-17(22(28)26(2)20-19(29-14)9-6-10-23-20)13-24-21(27)18-12-16(30-25-18)11-15-7-4-3-5-8-15/h3-10,12,14,17H,11,13H2,1-2H3,(H,24,27)/t14-,17+/m1/s1. The predicted octanol–water partition coefficient (Wildman–Crippen LogP) is 2.45. The SMILES string of the molecule is C[C@H]1Oc2cccnc2N(C)C(=O)[C@H]1CNC(=O)c1cc(Cc2ccccc2)on1. The van der Waals surface area contributed by atoms with Crippen molar-refractivity contribution in [2.45, 2.75) is 19.4 Å². The molecule has 0 fully saturated rings. The highest BCUT2D eigenvalue weighted by molar-refractivity contribution is 5.97. The molecule has 154 valence electrons. The van der Waals surface area contributed by atoms with Crippen LogP contribution in [0, 0.1) is 5.92 Å². The van der Waals surface area contributed by atoms with Gasteiger partial charge in [0.25, 0.3) is 5.91 Å². The van der Waals surface area contributed by atoms with Crippen molar-refractivity contribution in [2.75, 3.05) is 18.5 Å². The van der Waals surface area contributed by atoms with Gasteiger partial charge in [-0.05, 0) is 24.6 Å². The van der Waals surface area contributed by atoms with Crippen LogP contribution in [0.15, 0.2) is 59.3 Å². The molecule has 2 atom stereocenters. The second kappa shape index (κ2) is 8.36. The van der Waals surface area contributed by atoms with E-state index in [4.69, 9.17) is 9.26 Å². The van der Waals surface area contributed by atoms with Gasteiger partial charge in [0.1, 0.15) is 11.9 Å². The van der Waals surface area contributed by atoms with E-state index in [0.717, 1.165) is 5.56 Å². The topological polar surface area (TPSA) is 97.6 Å². The largest absolute Gasteiger partial charge is 0.486 e. The lowest BCUT2D eigenvalue weighted by Gasteiger charge is -2.22. The number of benzene rings is 1. The first-order chi connectivity index (χ1) is 14.5. The van der Waals surface area contributed by atoms with Crippen molar-refractivity contribution in [3.63, 3.8) is 0 Å². The maximum atomic E-state index is 12.9. The molecule has 8 heteroatoms. The summed E-state index contributed by atoms with van der Waals surface area (Å²) in [6.45, 7) is 1.91. The van der Waals surface area contributed by atoms with Gasteiger partial charge in [0.05, 0.1) is 5.92 Å². The van der Waals surface area contributed by atoms with E-state index in [9.17, 15) is 9.59 Å². The smallest absolute Gasteiger partial charge is 0.273 e. The Morgan fingerprint density at radius 3 is 2.80 bits per heavy atom. The number of aromatic nitrogens is 2. The quantitative estimate of drug-likeness (QED) is 0.699. The van der Waals surface area contributed by atoms with Crippen molar-refractivity contribution in [1.29, 1.82) is 0 Å². The Hall–Kier alpha value is -3.68. The molecule has 2 amide bonds. The molecule has 0 aliphatic carbocycles. The summed E-state index contributed by atoms with van der Waals surface area (Å²) in [6, 6.07) is 14.9. The summed E-state index contributed by atoms with van der Waals surface area (Å²) in [4.78, 5) is 31.1. The summed E-state index contributed by atoms with van der Waals surface area (Å²) < 4.78 is 11.2. The Morgan fingerprint density at radius 2 is 2.00 bits per heavy atom. The zero-order valence-corrected chi connectivity index (χ0v) is 16.7. The van der Waals surface area contributed by atoms with Gasteiger partial charge in [0, 0.05) is 32.3 Å². The molecule has 30 heavy (non-hydrogen) atoms. The fourth-order valence-corrected chi connectivity index (χ4v) is 3.41. The molecular formula is C22H22N4O4. The average Bonchev–Trinajstić information content (AvgIpc) is 3.19. The Kier molecular flexibility index (Phi) is 5.47. The van der Waals surface area contributed by atoms with Crippen LogP contribution in [0.25, 0.3) is 0 Å². The Balaban J connectivity index is 1.41. The molecule has 1 aliphatic heterocycles. The van der Waals surface area contributed by atoms with Crippen molar-refractivity contribution in [2.24, 2.45) is 5.92 Å². The first-order valence-corrected chi connectivity index (χ1v) is 9.70. The maximum Gasteiger partial charge on any atom is 0.273 e. The van der Waals surface area contributed by atoms with Crippen molar-refractivity contribution in [3.8, 4) is 5.75 Å². The highest BCUT2D eigenvalue weighted by atomic mass is 16.5. The molecule has 0 saturated carbocycles. The lowest BCUT2D eigenvalue weighted by molar-refractivity contribution is -0.123. The zero-order valence-electron chi connectivity index (χ0n) is 16.7. The van der Waals surface area contributed by atoms with E-state index in [0.29, 0.717) is 23.7 Å². The van der Waals surface area contributed by atoms with Crippen molar-refractivity contribution in [3.05, 3.63) is 71.7 Å². The highest BCUT2D eigenvalue weighted by Crippen LogP contribution is 2.31. The second-order valence-corrected chi connectivity index (χ2v) is 7.20. The number of ether oxygens (including phenoxy) is 1. The number of nitrogens with one attached hydrogen (secondary N) is 1. The van der Waals surface area contributed by atoms with Crippen molar-refractivity contribution >= 4 is 17.6 Å². The van der Waals surface area contributed by atoms with E-state index < -0.39 is 17.9 Å². The molecule has 0 bridgehead atoms. The van der Waals surface area contributed by atoms with E-state index in [2.05, 4.69) is 15.5 Å². The van der Waals surface area contributed by atoms with Crippen LogP contribution in [0.4, 0.5) is 5.82 Å². The van der Waals surface area contributed by atoms with Gasteiger partial charge in [-0.15, -0.1) is 0 Å². The normalized spacial score (nSPS) is 18.3. The number of fused-ring (bicyclic) bond motifs is 1. The number of nitrogens with zero attached hydrogens (tertiary/aromatic N) is 3. The van der Waals surface area contributed by atoms with E-state index in [1.165, 1.54) is 4.90 Å². The number of rotatable bonds is 5. The molecule has 4 rings (SSSR count). The maximum absolute atomic E-state index is 12.9. The lowest BCUT2D eigenvalue weighted by Crippen LogP contribution is -2.44. The van der Waals surface area contributed by atoms with Crippen LogP contribution in [0.2, 0.25) is 0 Å². The summed E-state index contributed by atoms with van der Waals surface area (Å²) >= 11 is 0. The second-order valence-electron chi connectivity index (χ2n) is 7.20. The third-order valence-electron chi connectivity index (χ3n) is 5.09. The fourth-order valence-electron chi connectivity index (χ4n) is 3.41. The van der Waals surface area contributed by atoms with Crippen molar-refractivity contribution in [1.82, 2.24) is 15.5 Å². The Morgan fingerprint density at radius 1 is 1.20 bits per heavy atom. The Labute approximate surface area is 173 Å². The number of carbonyl (C=O) groups excluding carboxylic acids is 2. The number of amides is 2. The minimum absolute atomic E-state index is 0.109. The van der Waals surface area contributed by atoms with Crippen LogP contribution in [-0.4, -0.2) is 41.7 Å². The molecule has 2 aromatic heterocycles. The third kappa shape index (κ3) is 4.03. The summed E-state index contributed by atoms with van der Waals surface area (Å²) in [6.07, 6.45) is 1.72. The van der Waals surface area contributed by atoms with Gasteiger partial charge in [0.15, 0.2) is 17.3 Å². The van der Waals surface area contributed by atoms with Gasteiger partial charge < -0.3 is 14.6 Å². The van der Waals surface area contributed by atoms with Crippen LogP contribution in [0.3, 0.4) is 0 Å². The summed E-state index contributed by atoms with van der Waals surface area (Å²) in [5, 5.41) is 6.63. The molecule has 1 aromatic carbocycles. The van der Waals surface area contributed by atoms with Crippen LogP contribution in [0.5, 0.6) is 5.75 Å². The van der Waals surface area contributed by atoms with Crippen molar-refractivity contribution < 1.29 is 18.8 Å². The van der Waals surface area contributed by atoms with Gasteiger partial charge in [-0.3, -0.25) is 14.5 Å². The first kappa shape index (κ1) is 19.6. The molecular weight excluding hydrogens is 384 g/mol. The minimum atomic E-state index is -0.566. The molecule has 3 aromatic rings. The molecule has 0 radical (unpaired) electrons. The molecule has 3 heterocycles. The van der Waals surface area contributed by atoms with E-state index >= 15 is 0 Å². The van der Waals surface area contributed by atoms with Gasteiger partial charge in [-0.2, -0.15) is 0 Å². The molecule has 0 unspecified atom stereocenters. The van der Waals surface area contributed by atoms with Gasteiger partial charge in [-0.25, -0.2) is 4.98 Å². The molecule has 1 N–H and O–H groups in total. The van der Waals surface area contributed by atoms with Crippen LogP contribution < -0.4 is 15.0 Å². The van der Waals surface area contributed by atoms with Crippen LogP contribution >= 0.6 is 0 Å². The number of hydrogen-bond donors (Lipinski definition) is 1. The number of carbonyl (C=O) groups is 2. The van der Waals surface area contributed by atoms with Gasteiger partial charge >= 0.3 is 0 Å². The summed E-state index contributed by atoms with van der Waals surface area (Å²) in [5.41, 5.74) is 1.24. The number of hydrogen-bond acceptors (Lipinski definition) is 6. The monoisotopic (exact) mass is 406 g/mol. The van der Waals surface area contributed by atoms with E-state index in [1.54, 1.807) is 38.4 Å². The summed E-state index contributed by atoms with van der Waals surface area (Å²) in [7, 11) is 1.65. The molecule has 0 saturated heterocycles. The Bertz CT molecular complexity index is 1050. The number of pyridine rings is 1. The molecule has 8 nitrogen and oxygen atoms in total. The predicted molar refractivity (Wildman–Crippen MR) is 109 cm³/mol. The molecule has 0 spiro atoms. The minimum Gasteiger partial charge on any atom is -0.486 e. The summed E-state index contributed by atoms with van der Waals surface area (Å²) in [5.74, 6) is 0.450. The van der Waals surface area contributed by atoms with Crippen LogP contribution in [-0.2, 0) is 11.2 Å².